The van der Waals surface area contributed by atoms with Gasteiger partial charge in [0.1, 0.15) is 17.2 Å². The van der Waals surface area contributed by atoms with Gasteiger partial charge in [0.2, 0.25) is 5.43 Å². The summed E-state index contributed by atoms with van der Waals surface area (Å²) < 4.78 is 55.0. The topological polar surface area (TPSA) is 91.6 Å². The van der Waals surface area contributed by atoms with E-state index in [4.69, 9.17) is 0 Å². The molecule has 1 saturated heterocycles. The molecule has 1 aromatic heterocycles. The molecule has 2 bridgehead atoms. The summed E-state index contributed by atoms with van der Waals surface area (Å²) in [5.74, 6) is -4.50. The molecule has 0 aliphatic carbocycles. The number of carbonyl (C=O) groups excluding carboxylic acids is 2. The van der Waals surface area contributed by atoms with Gasteiger partial charge in [-0.1, -0.05) is 6.07 Å². The van der Waals surface area contributed by atoms with Crippen LogP contribution in [0.25, 0.3) is 0 Å². The summed E-state index contributed by atoms with van der Waals surface area (Å²) in [5, 5.41) is 12.8. The first-order chi connectivity index (χ1) is 15.2. The molecule has 2 amide bonds. The maximum atomic E-state index is 13.8. The zero-order valence-electron chi connectivity index (χ0n) is 16.7. The lowest BCUT2D eigenvalue weighted by atomic mass is 10.1. The molecule has 1 aromatic carbocycles. The number of hydrogen-bond acceptors (Lipinski definition) is 4. The number of amides is 2. The first-order valence-electron chi connectivity index (χ1n) is 9.98. The summed E-state index contributed by atoms with van der Waals surface area (Å²) in [6, 6.07) is 0.987. The summed E-state index contributed by atoms with van der Waals surface area (Å²) in [4.78, 5) is 39.0. The van der Waals surface area contributed by atoms with Gasteiger partial charge in [-0.05, 0) is 25.3 Å². The van der Waals surface area contributed by atoms with Crippen LogP contribution >= 0.6 is 0 Å². The molecule has 2 aromatic rings. The summed E-state index contributed by atoms with van der Waals surface area (Å²) in [6.45, 7) is -0.385. The molecule has 0 saturated carbocycles. The van der Waals surface area contributed by atoms with E-state index in [1.165, 1.54) is 4.57 Å². The van der Waals surface area contributed by atoms with Crippen molar-refractivity contribution in [2.75, 3.05) is 6.54 Å². The fourth-order valence-corrected chi connectivity index (χ4v) is 4.25. The van der Waals surface area contributed by atoms with Gasteiger partial charge >= 0.3 is 0 Å². The highest BCUT2D eigenvalue weighted by molar-refractivity contribution is 5.99. The molecule has 2 atom stereocenters. The summed E-state index contributed by atoms with van der Waals surface area (Å²) >= 11 is 0. The van der Waals surface area contributed by atoms with E-state index < -0.39 is 64.4 Å². The highest BCUT2D eigenvalue weighted by Crippen LogP contribution is 2.35. The van der Waals surface area contributed by atoms with Gasteiger partial charge in [-0.25, -0.2) is 17.6 Å². The Morgan fingerprint density at radius 3 is 2.66 bits per heavy atom. The molecular weight excluding hydrogens is 434 g/mol. The zero-order valence-corrected chi connectivity index (χ0v) is 16.7. The van der Waals surface area contributed by atoms with Crippen LogP contribution in [0.5, 0.6) is 5.75 Å². The first kappa shape index (κ1) is 21.8. The van der Waals surface area contributed by atoms with Crippen LogP contribution in [0, 0.1) is 11.6 Å². The summed E-state index contributed by atoms with van der Waals surface area (Å²) in [6.07, 6.45) is -0.771. The highest BCUT2D eigenvalue weighted by atomic mass is 19.3. The summed E-state index contributed by atoms with van der Waals surface area (Å²) in [7, 11) is 0. The minimum absolute atomic E-state index is 0.0188. The Bertz CT molecular complexity index is 1150. The van der Waals surface area contributed by atoms with E-state index in [-0.39, 0.29) is 25.1 Å². The maximum absolute atomic E-state index is 13.8. The monoisotopic (exact) mass is 453 g/mol. The van der Waals surface area contributed by atoms with Crippen molar-refractivity contribution >= 4 is 11.8 Å². The number of nitrogens with one attached hydrogen (secondary N) is 1. The van der Waals surface area contributed by atoms with Gasteiger partial charge in [0, 0.05) is 30.9 Å². The molecule has 32 heavy (non-hydrogen) atoms. The number of hydrogen-bond donors (Lipinski definition) is 2. The second-order valence-electron chi connectivity index (χ2n) is 7.84. The number of carbonyl (C=O) groups is 2. The van der Waals surface area contributed by atoms with Gasteiger partial charge in [-0.2, -0.15) is 0 Å². The van der Waals surface area contributed by atoms with Crippen molar-refractivity contribution in [3.05, 3.63) is 63.1 Å². The molecular formula is C21H19F4N3O4. The Hall–Kier alpha value is -3.37. The average molecular weight is 453 g/mol. The summed E-state index contributed by atoms with van der Waals surface area (Å²) in [5.41, 5.74) is -2.07. The number of benzene rings is 1. The molecule has 0 unspecified atom stereocenters. The van der Waals surface area contributed by atoms with E-state index >= 15 is 0 Å². The molecule has 0 spiro atoms. The van der Waals surface area contributed by atoms with Gasteiger partial charge in [0.15, 0.2) is 11.4 Å². The number of nitrogens with zero attached hydrogens (tertiary/aromatic N) is 2. The molecule has 3 heterocycles. The molecule has 1 fully saturated rings. The minimum Gasteiger partial charge on any atom is -0.503 e. The van der Waals surface area contributed by atoms with Crippen molar-refractivity contribution in [1.29, 1.82) is 0 Å². The Morgan fingerprint density at radius 1 is 1.22 bits per heavy atom. The van der Waals surface area contributed by atoms with Crippen LogP contribution in [-0.4, -0.2) is 45.4 Å². The van der Waals surface area contributed by atoms with E-state index in [1.54, 1.807) is 0 Å². The smallest absolute Gasteiger partial charge is 0.275 e. The second-order valence-corrected chi connectivity index (χ2v) is 7.84. The van der Waals surface area contributed by atoms with Crippen molar-refractivity contribution < 1.29 is 32.3 Å². The standard InChI is InChI=1S/C21H19F4N3O4/c22-11-5-4-10(14(23)6-11)7-26-20(31)13-9-27-12-2-1-3-15(19(24)25)28(8-12)21(32)16(27)18(30)17(13)29/h4-6,9,12,15,19,30H,1-3,7-8H2,(H,26,31)/t12-,15+/m0/s1. The normalized spacial score (nSPS) is 20.2. The Morgan fingerprint density at radius 2 is 1.97 bits per heavy atom. The van der Waals surface area contributed by atoms with E-state index in [0.29, 0.717) is 18.9 Å². The highest BCUT2D eigenvalue weighted by Gasteiger charge is 2.42. The van der Waals surface area contributed by atoms with E-state index in [0.717, 1.165) is 23.2 Å². The lowest BCUT2D eigenvalue weighted by molar-refractivity contribution is 0.0138. The zero-order chi connectivity index (χ0) is 23.2. The van der Waals surface area contributed by atoms with Crippen LogP contribution in [0.4, 0.5) is 17.6 Å². The number of aromatic hydroxyl groups is 1. The largest absolute Gasteiger partial charge is 0.503 e. The number of alkyl halides is 2. The predicted molar refractivity (Wildman–Crippen MR) is 104 cm³/mol. The molecule has 170 valence electrons. The number of aromatic nitrogens is 1. The maximum Gasteiger partial charge on any atom is 0.275 e. The van der Waals surface area contributed by atoms with Gasteiger partial charge in [-0.15, -0.1) is 0 Å². The fraction of sp³-hybridized carbons (Fsp3) is 0.381. The van der Waals surface area contributed by atoms with E-state index in [2.05, 4.69) is 5.32 Å². The Labute approximate surface area is 179 Å². The average Bonchev–Trinajstić information content (AvgIpc) is 2.94. The molecule has 2 aliphatic rings. The molecule has 11 heteroatoms. The third-order valence-corrected chi connectivity index (χ3v) is 5.90. The van der Waals surface area contributed by atoms with Crippen LogP contribution in [0.1, 0.15) is 51.7 Å². The number of rotatable bonds is 4. The lowest BCUT2D eigenvalue weighted by Gasteiger charge is -2.37. The molecule has 0 radical (unpaired) electrons. The van der Waals surface area contributed by atoms with Crippen LogP contribution in [-0.2, 0) is 6.54 Å². The SMILES string of the molecule is O=C(NCc1ccc(F)cc1F)c1cn2c(c(O)c1=O)C(=O)N1C[C@@H]2CCC[C@@H]1C(F)F. The van der Waals surface area contributed by atoms with Crippen molar-refractivity contribution in [3.8, 4) is 5.75 Å². The van der Waals surface area contributed by atoms with Gasteiger partial charge in [0.25, 0.3) is 18.2 Å². The molecule has 2 N–H and O–H groups in total. The number of fused-ring (bicyclic) bond motifs is 4. The van der Waals surface area contributed by atoms with E-state index in [1.807, 2.05) is 0 Å². The predicted octanol–water partition coefficient (Wildman–Crippen LogP) is 2.58. The quantitative estimate of drug-likeness (QED) is 0.697. The van der Waals surface area contributed by atoms with Crippen LogP contribution in [0.3, 0.4) is 0 Å². The van der Waals surface area contributed by atoms with Crippen LogP contribution in [0.15, 0.2) is 29.2 Å². The van der Waals surface area contributed by atoms with Crippen LogP contribution < -0.4 is 10.7 Å². The minimum atomic E-state index is -2.77. The Kier molecular flexibility index (Phi) is 5.66. The molecule has 7 nitrogen and oxygen atoms in total. The number of pyridine rings is 1. The third-order valence-electron chi connectivity index (χ3n) is 5.90. The van der Waals surface area contributed by atoms with Gasteiger partial charge < -0.3 is 19.9 Å². The van der Waals surface area contributed by atoms with E-state index in [9.17, 15) is 37.1 Å². The Balaban J connectivity index is 1.66. The number of halogens is 4. The fourth-order valence-electron chi connectivity index (χ4n) is 4.25. The van der Waals surface area contributed by atoms with Crippen molar-refractivity contribution in [3.63, 3.8) is 0 Å². The lowest BCUT2D eigenvalue weighted by Crippen LogP contribution is -2.50. The third kappa shape index (κ3) is 3.71. The van der Waals surface area contributed by atoms with Crippen molar-refractivity contribution in [2.24, 2.45) is 0 Å². The second kappa shape index (κ2) is 8.29. The molecule has 4 rings (SSSR count). The first-order valence-corrected chi connectivity index (χ1v) is 9.98. The van der Waals surface area contributed by atoms with Gasteiger partial charge in [-0.3, -0.25) is 14.4 Å². The van der Waals surface area contributed by atoms with Crippen molar-refractivity contribution in [2.45, 2.75) is 44.3 Å². The van der Waals surface area contributed by atoms with Crippen LogP contribution in [0.2, 0.25) is 0 Å². The molecule has 2 aliphatic heterocycles. The van der Waals surface area contributed by atoms with Crippen molar-refractivity contribution in [1.82, 2.24) is 14.8 Å². The van der Waals surface area contributed by atoms with Gasteiger partial charge in [0.05, 0.1) is 12.1 Å².